The highest BCUT2D eigenvalue weighted by molar-refractivity contribution is 5.75. The minimum atomic E-state index is -0.582. The van der Waals surface area contributed by atoms with E-state index in [4.69, 9.17) is 0 Å². The number of hydrogen-bond donors (Lipinski definition) is 3. The molecule has 134 valence electrons. The maximum absolute atomic E-state index is 12.4. The Bertz CT molecular complexity index is 784. The summed E-state index contributed by atoms with van der Waals surface area (Å²) in [5.74, 6) is 0. The second kappa shape index (κ2) is 6.88. The molecule has 6 heteroatoms. The zero-order chi connectivity index (χ0) is 18.1. The van der Waals surface area contributed by atoms with Crippen molar-refractivity contribution in [3.8, 4) is 0 Å². The molecule has 3 atom stereocenters. The molecule has 0 aliphatic heterocycles. The molecule has 1 aromatic carbocycles. The van der Waals surface area contributed by atoms with Crippen molar-refractivity contribution in [2.24, 2.45) is 7.05 Å². The van der Waals surface area contributed by atoms with Crippen molar-refractivity contribution in [3.63, 3.8) is 0 Å². The number of aliphatic hydroxyl groups is 1. The fourth-order valence-electron chi connectivity index (χ4n) is 3.62. The van der Waals surface area contributed by atoms with Crippen molar-refractivity contribution in [3.05, 3.63) is 52.3 Å². The maximum atomic E-state index is 12.4. The van der Waals surface area contributed by atoms with E-state index in [9.17, 15) is 9.90 Å². The number of aryl methyl sites for hydroxylation is 2. The molecular weight excluding hydrogens is 316 g/mol. The Labute approximate surface area is 148 Å². The molecule has 1 heterocycles. The monoisotopic (exact) mass is 342 g/mol. The van der Waals surface area contributed by atoms with Gasteiger partial charge in [-0.1, -0.05) is 24.3 Å². The molecule has 2 aromatic rings. The van der Waals surface area contributed by atoms with Crippen LogP contribution in [-0.2, 0) is 19.9 Å². The van der Waals surface area contributed by atoms with Crippen molar-refractivity contribution < 1.29 is 9.90 Å². The van der Waals surface area contributed by atoms with Crippen molar-refractivity contribution in [2.75, 3.05) is 0 Å². The highest BCUT2D eigenvalue weighted by atomic mass is 16.3. The summed E-state index contributed by atoms with van der Waals surface area (Å²) in [5, 5.41) is 20.6. The highest BCUT2D eigenvalue weighted by Crippen LogP contribution is 2.31. The molecule has 1 aliphatic carbocycles. The summed E-state index contributed by atoms with van der Waals surface area (Å²) in [6.07, 6.45) is 0.717. The minimum Gasteiger partial charge on any atom is -0.390 e. The van der Waals surface area contributed by atoms with E-state index in [0.29, 0.717) is 6.42 Å². The van der Waals surface area contributed by atoms with E-state index in [1.165, 1.54) is 5.56 Å². The van der Waals surface area contributed by atoms with Crippen LogP contribution in [0.3, 0.4) is 0 Å². The van der Waals surface area contributed by atoms with Gasteiger partial charge in [0.15, 0.2) is 0 Å². The van der Waals surface area contributed by atoms with Gasteiger partial charge in [-0.25, -0.2) is 4.79 Å². The third-order valence-electron chi connectivity index (χ3n) is 5.04. The van der Waals surface area contributed by atoms with Crippen LogP contribution in [0.15, 0.2) is 24.3 Å². The van der Waals surface area contributed by atoms with Crippen molar-refractivity contribution in [2.45, 2.75) is 51.8 Å². The van der Waals surface area contributed by atoms with Gasteiger partial charge < -0.3 is 15.7 Å². The number of aromatic nitrogens is 2. The first-order valence-electron chi connectivity index (χ1n) is 8.68. The van der Waals surface area contributed by atoms with Gasteiger partial charge in [-0.05, 0) is 43.9 Å². The summed E-state index contributed by atoms with van der Waals surface area (Å²) in [4.78, 5) is 12.4. The van der Waals surface area contributed by atoms with E-state index in [1.54, 1.807) is 0 Å². The van der Waals surface area contributed by atoms with Gasteiger partial charge in [0.05, 0.1) is 17.8 Å². The predicted octanol–water partition coefficient (Wildman–Crippen LogP) is 1.93. The van der Waals surface area contributed by atoms with E-state index in [1.807, 2.05) is 56.8 Å². The molecule has 0 unspecified atom stereocenters. The van der Waals surface area contributed by atoms with Crippen LogP contribution in [0.25, 0.3) is 0 Å². The minimum absolute atomic E-state index is 0.0320. The van der Waals surface area contributed by atoms with Crippen molar-refractivity contribution in [1.29, 1.82) is 0 Å². The Morgan fingerprint density at radius 1 is 1.40 bits per heavy atom. The molecule has 2 amide bonds. The second-order valence-electron chi connectivity index (χ2n) is 6.94. The van der Waals surface area contributed by atoms with Crippen LogP contribution in [0.2, 0.25) is 0 Å². The number of amides is 2. The normalized spacial score (nSPS) is 20.2. The zero-order valence-electron chi connectivity index (χ0n) is 15.2. The lowest BCUT2D eigenvalue weighted by Gasteiger charge is -2.21. The van der Waals surface area contributed by atoms with Gasteiger partial charge in [0.2, 0.25) is 0 Å². The maximum Gasteiger partial charge on any atom is 0.315 e. The van der Waals surface area contributed by atoms with Crippen LogP contribution in [-0.4, -0.2) is 33.1 Å². The van der Waals surface area contributed by atoms with E-state index in [-0.39, 0.29) is 18.1 Å². The summed E-state index contributed by atoms with van der Waals surface area (Å²) >= 11 is 0. The Hall–Kier alpha value is -2.34. The number of fused-ring (bicyclic) bond motifs is 1. The topological polar surface area (TPSA) is 79.2 Å². The molecule has 3 N–H and O–H groups in total. The Balaban J connectivity index is 1.61. The van der Waals surface area contributed by atoms with Gasteiger partial charge in [-0.3, -0.25) is 4.68 Å². The number of aliphatic hydroxyl groups excluding tert-OH is 1. The molecule has 0 bridgehead atoms. The Kier molecular flexibility index (Phi) is 4.81. The molecule has 25 heavy (non-hydrogen) atoms. The van der Waals surface area contributed by atoms with Gasteiger partial charge in [-0.2, -0.15) is 5.10 Å². The van der Waals surface area contributed by atoms with Crippen LogP contribution >= 0.6 is 0 Å². The smallest absolute Gasteiger partial charge is 0.315 e. The van der Waals surface area contributed by atoms with Crippen LogP contribution in [0.5, 0.6) is 0 Å². The Morgan fingerprint density at radius 3 is 2.80 bits per heavy atom. The fourth-order valence-corrected chi connectivity index (χ4v) is 3.62. The highest BCUT2D eigenvalue weighted by Gasteiger charge is 2.32. The summed E-state index contributed by atoms with van der Waals surface area (Å²) in [7, 11) is 1.93. The molecular formula is C19H26N4O2. The molecule has 0 fully saturated rings. The van der Waals surface area contributed by atoms with Crippen LogP contribution in [0.4, 0.5) is 4.79 Å². The molecule has 0 radical (unpaired) electrons. The first-order valence-corrected chi connectivity index (χ1v) is 8.68. The predicted molar refractivity (Wildman–Crippen MR) is 96.4 cm³/mol. The lowest BCUT2D eigenvalue weighted by Crippen LogP contribution is -2.45. The molecule has 0 saturated carbocycles. The van der Waals surface area contributed by atoms with E-state index in [2.05, 4.69) is 15.7 Å². The average Bonchev–Trinajstić information content (AvgIpc) is 2.98. The Morgan fingerprint density at radius 2 is 2.12 bits per heavy atom. The molecule has 0 spiro atoms. The molecule has 6 nitrogen and oxygen atoms in total. The van der Waals surface area contributed by atoms with Gasteiger partial charge in [-0.15, -0.1) is 0 Å². The van der Waals surface area contributed by atoms with Gasteiger partial charge in [0.1, 0.15) is 0 Å². The summed E-state index contributed by atoms with van der Waals surface area (Å²) in [6, 6.07) is 7.19. The van der Waals surface area contributed by atoms with Crippen LogP contribution in [0, 0.1) is 13.8 Å². The zero-order valence-corrected chi connectivity index (χ0v) is 15.2. The number of rotatable bonds is 4. The van der Waals surface area contributed by atoms with Crippen LogP contribution in [0.1, 0.15) is 41.0 Å². The van der Waals surface area contributed by atoms with Crippen LogP contribution < -0.4 is 10.6 Å². The standard InChI is InChI=1S/C19H26N4O2/c1-11(9-16-12(2)22-23(4)13(16)3)20-19(25)21-18-15-8-6-5-7-14(15)10-17(18)24/h5-8,11,17-18,24H,9-10H2,1-4H3,(H2,20,21,25)/t11-,17+,18-/m0/s1. The van der Waals surface area contributed by atoms with E-state index in [0.717, 1.165) is 28.9 Å². The van der Waals surface area contributed by atoms with Gasteiger partial charge in [0, 0.05) is 25.2 Å². The van der Waals surface area contributed by atoms with Gasteiger partial charge >= 0.3 is 6.03 Å². The van der Waals surface area contributed by atoms with E-state index < -0.39 is 6.10 Å². The average molecular weight is 342 g/mol. The second-order valence-corrected chi connectivity index (χ2v) is 6.94. The number of hydrogen-bond acceptors (Lipinski definition) is 3. The van der Waals surface area contributed by atoms with Crippen molar-refractivity contribution >= 4 is 6.03 Å². The number of nitrogens with one attached hydrogen (secondary N) is 2. The number of benzene rings is 1. The fraction of sp³-hybridized carbons (Fsp3) is 0.474. The molecule has 0 saturated heterocycles. The van der Waals surface area contributed by atoms with Gasteiger partial charge in [0.25, 0.3) is 0 Å². The number of nitrogens with zero attached hydrogens (tertiary/aromatic N) is 2. The largest absolute Gasteiger partial charge is 0.390 e. The molecule has 1 aliphatic rings. The quantitative estimate of drug-likeness (QED) is 0.794. The lowest BCUT2D eigenvalue weighted by atomic mass is 10.1. The summed E-state index contributed by atoms with van der Waals surface area (Å²) < 4.78 is 1.86. The lowest BCUT2D eigenvalue weighted by molar-refractivity contribution is 0.142. The number of carbonyl (C=O) groups excluding carboxylic acids is 1. The number of carbonyl (C=O) groups is 1. The summed E-state index contributed by atoms with van der Waals surface area (Å²) in [5.41, 5.74) is 5.37. The van der Waals surface area contributed by atoms with Crippen molar-refractivity contribution in [1.82, 2.24) is 20.4 Å². The molecule has 3 rings (SSSR count). The first kappa shape index (κ1) is 17.5. The third kappa shape index (κ3) is 3.54. The third-order valence-corrected chi connectivity index (χ3v) is 5.04. The SMILES string of the molecule is Cc1nn(C)c(C)c1C[C@H](C)NC(=O)N[C@H]1c2ccccc2C[C@H]1O. The number of urea groups is 1. The summed E-state index contributed by atoms with van der Waals surface area (Å²) in [6.45, 7) is 6.00. The van der Waals surface area contributed by atoms with E-state index >= 15 is 0 Å². The first-order chi connectivity index (χ1) is 11.9. The molecule has 1 aromatic heterocycles.